The Morgan fingerprint density at radius 3 is 2.88 bits per heavy atom. The molecule has 0 aromatic carbocycles. The third kappa shape index (κ3) is 3.20. The third-order valence-corrected chi connectivity index (χ3v) is 5.64. The van der Waals surface area contributed by atoms with E-state index in [4.69, 9.17) is 4.42 Å². The number of likely N-dealkylation sites (tertiary alicyclic amines) is 1. The van der Waals surface area contributed by atoms with Crippen molar-refractivity contribution in [2.24, 2.45) is 5.41 Å². The number of carbonyl (C=O) groups is 1. The minimum Gasteiger partial charge on any atom is -0.472 e. The number of amides is 1. The van der Waals surface area contributed by atoms with Crippen molar-refractivity contribution in [3.8, 4) is 0 Å². The van der Waals surface area contributed by atoms with Crippen LogP contribution in [0.1, 0.15) is 48.2 Å². The van der Waals surface area contributed by atoms with Crippen LogP contribution in [0.5, 0.6) is 0 Å². The number of hydrogen-bond acceptors (Lipinski definition) is 5. The van der Waals surface area contributed by atoms with E-state index in [1.807, 2.05) is 19.3 Å². The second-order valence-electron chi connectivity index (χ2n) is 7.29. The summed E-state index contributed by atoms with van der Waals surface area (Å²) >= 11 is 0. The summed E-state index contributed by atoms with van der Waals surface area (Å²) in [5.74, 6) is 1.31. The zero-order valence-electron chi connectivity index (χ0n) is 14.7. The van der Waals surface area contributed by atoms with Crippen LogP contribution in [0.25, 0.3) is 0 Å². The molecule has 2 aromatic heterocycles. The quantitative estimate of drug-likeness (QED) is 0.917. The Hall–Kier alpha value is -2.15. The summed E-state index contributed by atoms with van der Waals surface area (Å²) in [6.07, 6.45) is 7.91. The lowest BCUT2D eigenvalue weighted by Crippen LogP contribution is -2.44. The van der Waals surface area contributed by atoms with Crippen LogP contribution >= 0.6 is 0 Å². The Labute approximate surface area is 147 Å². The predicted octanol–water partition coefficient (Wildman–Crippen LogP) is 1.85. The Balaban J connectivity index is 1.44. The molecule has 4 rings (SSSR count). The zero-order valence-corrected chi connectivity index (χ0v) is 14.7. The van der Waals surface area contributed by atoms with Gasteiger partial charge in [0.2, 0.25) is 5.82 Å². The van der Waals surface area contributed by atoms with Crippen molar-refractivity contribution in [3.05, 3.63) is 35.8 Å². The second-order valence-corrected chi connectivity index (χ2v) is 7.29. The van der Waals surface area contributed by atoms with Crippen molar-refractivity contribution in [3.63, 3.8) is 0 Å². The number of fused-ring (bicyclic) bond motifs is 1. The van der Waals surface area contributed by atoms with Gasteiger partial charge in [-0.25, -0.2) is 0 Å². The van der Waals surface area contributed by atoms with Gasteiger partial charge < -0.3 is 14.3 Å². The van der Waals surface area contributed by atoms with E-state index < -0.39 is 0 Å². The molecule has 7 nitrogen and oxygen atoms in total. The smallest absolute Gasteiger partial charge is 0.289 e. The summed E-state index contributed by atoms with van der Waals surface area (Å²) in [4.78, 5) is 14.7. The van der Waals surface area contributed by atoms with Gasteiger partial charge in [-0.1, -0.05) is 0 Å². The number of hydrogen-bond donors (Lipinski definition) is 1. The fourth-order valence-electron chi connectivity index (χ4n) is 4.12. The summed E-state index contributed by atoms with van der Waals surface area (Å²) < 4.78 is 7.23. The van der Waals surface area contributed by atoms with Crippen LogP contribution in [0.3, 0.4) is 0 Å². The van der Waals surface area contributed by atoms with Crippen molar-refractivity contribution in [1.82, 2.24) is 25.0 Å². The predicted molar refractivity (Wildman–Crippen MR) is 92.0 cm³/mol. The van der Waals surface area contributed by atoms with E-state index in [1.54, 1.807) is 6.26 Å². The maximum atomic E-state index is 12.2. The zero-order chi connectivity index (χ0) is 17.3. The second kappa shape index (κ2) is 6.63. The van der Waals surface area contributed by atoms with Crippen molar-refractivity contribution in [1.29, 1.82) is 0 Å². The summed E-state index contributed by atoms with van der Waals surface area (Å²) in [6.45, 7) is 6.51. The van der Waals surface area contributed by atoms with Gasteiger partial charge in [0.1, 0.15) is 5.82 Å². The molecular weight excluding hydrogens is 318 g/mol. The van der Waals surface area contributed by atoms with Crippen molar-refractivity contribution >= 4 is 5.91 Å². The van der Waals surface area contributed by atoms with E-state index in [2.05, 4.69) is 25.0 Å². The fraction of sp³-hybridized carbons (Fsp3) is 0.611. The lowest BCUT2D eigenvalue weighted by Gasteiger charge is -2.44. The average molecular weight is 343 g/mol. The summed E-state index contributed by atoms with van der Waals surface area (Å²) in [5.41, 5.74) is 1.50. The molecule has 1 amide bonds. The molecule has 0 bridgehead atoms. The van der Waals surface area contributed by atoms with E-state index >= 15 is 0 Å². The monoisotopic (exact) mass is 343 g/mol. The Morgan fingerprint density at radius 2 is 2.16 bits per heavy atom. The molecule has 0 aliphatic carbocycles. The first-order valence-electron chi connectivity index (χ1n) is 9.13. The number of piperidine rings is 1. The minimum absolute atomic E-state index is 0.115. The average Bonchev–Trinajstić information content (AvgIpc) is 3.26. The van der Waals surface area contributed by atoms with Crippen LogP contribution in [-0.4, -0.2) is 45.2 Å². The van der Waals surface area contributed by atoms with Crippen LogP contribution in [0.2, 0.25) is 0 Å². The lowest BCUT2D eigenvalue weighted by atomic mass is 9.73. The van der Waals surface area contributed by atoms with E-state index in [1.165, 1.54) is 5.56 Å². The van der Waals surface area contributed by atoms with Crippen LogP contribution in [0.15, 0.2) is 23.0 Å². The van der Waals surface area contributed by atoms with Crippen LogP contribution in [0.4, 0.5) is 0 Å². The molecule has 2 aromatic rings. The molecule has 2 aliphatic heterocycles. The summed E-state index contributed by atoms with van der Waals surface area (Å²) in [5, 5.41) is 11.2. The van der Waals surface area contributed by atoms with Gasteiger partial charge in [-0.15, -0.1) is 10.2 Å². The van der Waals surface area contributed by atoms with Gasteiger partial charge >= 0.3 is 0 Å². The number of nitrogens with one attached hydrogen (secondary N) is 1. The number of aromatic nitrogens is 3. The van der Waals surface area contributed by atoms with Gasteiger partial charge in [0.25, 0.3) is 5.91 Å². The van der Waals surface area contributed by atoms with Crippen molar-refractivity contribution in [2.45, 2.75) is 45.7 Å². The van der Waals surface area contributed by atoms with E-state index in [-0.39, 0.29) is 11.3 Å². The van der Waals surface area contributed by atoms with Crippen molar-refractivity contribution in [2.75, 3.05) is 19.6 Å². The number of furan rings is 1. The lowest BCUT2D eigenvalue weighted by molar-refractivity contribution is 0.0617. The molecule has 1 saturated heterocycles. The maximum Gasteiger partial charge on any atom is 0.289 e. The molecule has 1 N–H and O–H groups in total. The normalized spacial score (nSPS) is 19.7. The fourth-order valence-corrected chi connectivity index (χ4v) is 4.12. The van der Waals surface area contributed by atoms with Gasteiger partial charge in [0.05, 0.1) is 12.5 Å². The Morgan fingerprint density at radius 1 is 1.32 bits per heavy atom. The van der Waals surface area contributed by atoms with Crippen LogP contribution < -0.4 is 5.32 Å². The minimum atomic E-state index is -0.115. The molecule has 134 valence electrons. The number of aryl methyl sites for hydroxylation is 1. The van der Waals surface area contributed by atoms with Gasteiger partial charge in [0.15, 0.2) is 0 Å². The third-order valence-electron chi connectivity index (χ3n) is 5.64. The topological polar surface area (TPSA) is 76.2 Å². The first kappa shape index (κ1) is 16.3. The molecular formula is C18H25N5O2. The van der Waals surface area contributed by atoms with Crippen molar-refractivity contribution < 1.29 is 9.21 Å². The molecule has 0 radical (unpaired) electrons. The van der Waals surface area contributed by atoms with Crippen LogP contribution in [-0.2, 0) is 19.5 Å². The van der Waals surface area contributed by atoms with E-state index in [9.17, 15) is 4.79 Å². The molecule has 0 saturated carbocycles. The number of rotatable bonds is 4. The first-order valence-corrected chi connectivity index (χ1v) is 9.13. The molecule has 25 heavy (non-hydrogen) atoms. The molecule has 1 spiro atoms. The first-order chi connectivity index (χ1) is 12.2. The molecule has 0 unspecified atom stereocenters. The SMILES string of the molecule is CCNC(=O)c1nnc2n1CC1(CC2)CCN(Cc2ccoc2)CC1. The molecule has 7 heteroatoms. The molecule has 1 fully saturated rings. The largest absolute Gasteiger partial charge is 0.472 e. The Kier molecular flexibility index (Phi) is 4.33. The maximum absolute atomic E-state index is 12.2. The molecule has 0 atom stereocenters. The highest BCUT2D eigenvalue weighted by Crippen LogP contribution is 2.41. The summed E-state index contributed by atoms with van der Waals surface area (Å²) in [7, 11) is 0. The molecule has 2 aliphatic rings. The Bertz CT molecular complexity index is 729. The highest BCUT2D eigenvalue weighted by molar-refractivity contribution is 5.90. The van der Waals surface area contributed by atoms with Gasteiger partial charge in [-0.05, 0) is 50.8 Å². The highest BCUT2D eigenvalue weighted by atomic mass is 16.3. The highest BCUT2D eigenvalue weighted by Gasteiger charge is 2.39. The van der Waals surface area contributed by atoms with Gasteiger partial charge in [-0.3, -0.25) is 9.69 Å². The number of carbonyl (C=O) groups excluding carboxylic acids is 1. The standard InChI is InChI=1S/C18H25N5O2/c1-2-19-17(24)16-21-20-15-3-5-18(13-23(15)16)6-8-22(9-7-18)11-14-4-10-25-12-14/h4,10,12H,2-3,5-9,11,13H2,1H3,(H,19,24). The molecule has 4 heterocycles. The van der Waals surface area contributed by atoms with Crippen LogP contribution in [0, 0.1) is 5.41 Å². The van der Waals surface area contributed by atoms with Gasteiger partial charge in [0, 0.05) is 31.6 Å². The van der Waals surface area contributed by atoms with E-state index in [0.29, 0.717) is 12.4 Å². The number of nitrogens with zero attached hydrogens (tertiary/aromatic N) is 4. The van der Waals surface area contributed by atoms with Gasteiger partial charge in [-0.2, -0.15) is 0 Å². The summed E-state index contributed by atoms with van der Waals surface area (Å²) in [6, 6.07) is 2.03. The van der Waals surface area contributed by atoms with E-state index in [0.717, 1.165) is 57.7 Å².